The molecule has 0 aliphatic carbocycles. The van der Waals surface area contributed by atoms with Crippen LogP contribution in [0.25, 0.3) is 0 Å². The van der Waals surface area contributed by atoms with Crippen LogP contribution in [-0.2, 0) is 9.53 Å². The van der Waals surface area contributed by atoms with E-state index in [2.05, 4.69) is 107 Å². The van der Waals surface area contributed by atoms with Crippen molar-refractivity contribution < 1.29 is 9.53 Å². The number of carbonyl (C=O) groups excluding carboxylic acids is 1. The minimum absolute atomic E-state index is 0.295. The van der Waals surface area contributed by atoms with E-state index < -0.39 is 0 Å². The number of esters is 1. The minimum atomic E-state index is -0.295. The fourth-order valence-electron chi connectivity index (χ4n) is 0.574. The van der Waals surface area contributed by atoms with E-state index in [1.54, 1.807) is 13.0 Å². The average molecular weight is 580 g/mol. The van der Waals surface area contributed by atoms with E-state index in [0.717, 1.165) is 49.0 Å². The van der Waals surface area contributed by atoms with Crippen LogP contribution >= 0.6 is 12.6 Å². The Morgan fingerprint density at radius 1 is 0.850 bits per heavy atom. The first-order valence-electron chi connectivity index (χ1n) is 14.2. The van der Waals surface area contributed by atoms with E-state index >= 15 is 0 Å². The standard InChI is InChI=1S/C7H12O2.C5H11N.C5H10S.2C5H10.C5H8.C4H8/c1-4-5-9-7(8)6(2)3;2*1-3-5(2)4-6;3*1-4-5(2)3;1-3-4-2/h2,4-5H2,1,3H3;2-4,6H2,1H3;6H,2-4H2,1H3;2,4H2,1,3H3;4-5H,1H2,2-3H3;4H,1-2H2,3H3;3H,1,4H2,2H3. The zero-order chi connectivity index (χ0) is 33.5. The summed E-state index contributed by atoms with van der Waals surface area (Å²) >= 11 is 4.00. The maximum absolute atomic E-state index is 10.6. The van der Waals surface area contributed by atoms with E-state index in [4.69, 9.17) is 10.5 Å². The monoisotopic (exact) mass is 580 g/mol. The van der Waals surface area contributed by atoms with Crippen molar-refractivity contribution in [1.29, 1.82) is 0 Å². The molecule has 236 valence electrons. The van der Waals surface area contributed by atoms with Crippen molar-refractivity contribution >= 4 is 18.6 Å². The van der Waals surface area contributed by atoms with Gasteiger partial charge < -0.3 is 10.5 Å². The molecule has 0 fully saturated rings. The molecule has 0 aromatic rings. The lowest BCUT2D eigenvalue weighted by molar-refractivity contribution is -0.138. The molecule has 40 heavy (non-hydrogen) atoms. The number of hydrogen-bond acceptors (Lipinski definition) is 4. The molecule has 0 aliphatic heterocycles. The smallest absolute Gasteiger partial charge is 0.333 e. The van der Waals surface area contributed by atoms with Gasteiger partial charge in [-0.15, -0.1) is 19.7 Å². The summed E-state index contributed by atoms with van der Waals surface area (Å²) in [6.07, 6.45) is 10.6. The van der Waals surface area contributed by atoms with Gasteiger partial charge in [-0.1, -0.05) is 122 Å². The van der Waals surface area contributed by atoms with Gasteiger partial charge in [0.2, 0.25) is 0 Å². The fraction of sp³-hybridized carbons (Fsp3) is 0.528. The van der Waals surface area contributed by atoms with Gasteiger partial charge in [-0.3, -0.25) is 0 Å². The minimum Gasteiger partial charge on any atom is -0.462 e. The van der Waals surface area contributed by atoms with Crippen LogP contribution in [-0.4, -0.2) is 24.9 Å². The topological polar surface area (TPSA) is 52.3 Å². The Labute approximate surface area is 258 Å². The first-order chi connectivity index (χ1) is 18.5. The van der Waals surface area contributed by atoms with Crippen molar-refractivity contribution in [3.63, 3.8) is 0 Å². The van der Waals surface area contributed by atoms with Crippen molar-refractivity contribution in [2.24, 2.45) is 11.7 Å². The van der Waals surface area contributed by atoms with Crippen LogP contribution in [0.4, 0.5) is 0 Å². The summed E-state index contributed by atoms with van der Waals surface area (Å²) in [7, 11) is 0. The lowest BCUT2D eigenvalue weighted by Crippen LogP contribution is -2.04. The Bertz CT molecular complexity index is 630. The Morgan fingerprint density at radius 2 is 1.20 bits per heavy atom. The number of nitrogens with two attached hydrogens (primary N) is 1. The fourth-order valence-corrected chi connectivity index (χ4v) is 0.798. The molecule has 3 nitrogen and oxygen atoms in total. The Morgan fingerprint density at radius 3 is 1.27 bits per heavy atom. The lowest BCUT2D eigenvalue weighted by Gasteiger charge is -1.99. The highest BCUT2D eigenvalue weighted by Gasteiger charge is 1.99. The molecule has 0 atom stereocenters. The Kier molecular flexibility index (Phi) is 66.8. The predicted molar refractivity (Wildman–Crippen MR) is 193 cm³/mol. The van der Waals surface area contributed by atoms with E-state index in [0.29, 0.717) is 24.6 Å². The first kappa shape index (κ1) is 53.9. The molecule has 0 spiro atoms. The molecule has 0 radical (unpaired) electrons. The summed E-state index contributed by atoms with van der Waals surface area (Å²) in [5.41, 5.74) is 10.2. The second-order valence-electron chi connectivity index (χ2n) is 9.02. The van der Waals surface area contributed by atoms with Crippen LogP contribution in [0.3, 0.4) is 0 Å². The number of ether oxygens (including phenoxy) is 1. The summed E-state index contributed by atoms with van der Waals surface area (Å²) in [6.45, 7) is 49.7. The summed E-state index contributed by atoms with van der Waals surface area (Å²) in [6, 6.07) is 0. The van der Waals surface area contributed by atoms with E-state index in [-0.39, 0.29) is 5.97 Å². The van der Waals surface area contributed by atoms with Crippen LogP contribution in [0.5, 0.6) is 0 Å². The normalized spacial score (nSPS) is 7.92. The van der Waals surface area contributed by atoms with Gasteiger partial charge in [0, 0.05) is 17.9 Å². The van der Waals surface area contributed by atoms with E-state index in [1.807, 2.05) is 32.9 Å². The third-order valence-corrected chi connectivity index (χ3v) is 4.46. The largest absolute Gasteiger partial charge is 0.462 e. The molecule has 0 amide bonds. The molecule has 0 aromatic heterocycles. The van der Waals surface area contributed by atoms with Crippen molar-refractivity contribution in [2.75, 3.05) is 18.9 Å². The van der Waals surface area contributed by atoms with Crippen molar-refractivity contribution in [2.45, 2.75) is 101 Å². The molecule has 0 aliphatic rings. The number of allylic oxidation sites excluding steroid dienone is 5. The van der Waals surface area contributed by atoms with Gasteiger partial charge in [-0.25, -0.2) is 4.79 Å². The number of thiol groups is 1. The van der Waals surface area contributed by atoms with Gasteiger partial charge >= 0.3 is 5.97 Å². The molecule has 4 heteroatoms. The maximum Gasteiger partial charge on any atom is 0.333 e. The maximum atomic E-state index is 10.6. The zero-order valence-corrected chi connectivity index (χ0v) is 29.4. The van der Waals surface area contributed by atoms with E-state index in [1.165, 1.54) is 11.1 Å². The van der Waals surface area contributed by atoms with Gasteiger partial charge in [0.1, 0.15) is 0 Å². The number of carbonyl (C=O) groups is 1. The highest BCUT2D eigenvalue weighted by Crippen LogP contribution is 1.96. The summed E-state index contributed by atoms with van der Waals surface area (Å²) in [5.74, 6) is 1.18. The Hall–Kier alpha value is -2.30. The number of rotatable bonds is 11. The van der Waals surface area contributed by atoms with Crippen LogP contribution in [0.15, 0.2) is 98.7 Å². The lowest BCUT2D eigenvalue weighted by atomic mass is 10.2. The highest BCUT2D eigenvalue weighted by atomic mass is 32.1. The summed E-state index contributed by atoms with van der Waals surface area (Å²) in [4.78, 5) is 10.6. The molecule has 0 bridgehead atoms. The van der Waals surface area contributed by atoms with Crippen LogP contribution < -0.4 is 5.73 Å². The van der Waals surface area contributed by atoms with Crippen LogP contribution in [0.1, 0.15) is 101 Å². The molecule has 0 rings (SSSR count). The van der Waals surface area contributed by atoms with Crippen molar-refractivity contribution in [1.82, 2.24) is 0 Å². The number of hydrogen-bond donors (Lipinski definition) is 2. The second kappa shape index (κ2) is 49.6. The molecule has 0 aromatic carbocycles. The molecule has 0 saturated heterocycles. The predicted octanol–water partition coefficient (Wildman–Crippen LogP) is 11.4. The third-order valence-electron chi connectivity index (χ3n) is 4.01. The molecule has 0 saturated carbocycles. The van der Waals surface area contributed by atoms with Crippen LogP contribution in [0, 0.1) is 5.92 Å². The molecule has 0 unspecified atom stereocenters. The summed E-state index contributed by atoms with van der Waals surface area (Å²) < 4.78 is 4.71. The molecular weight excluding hydrogens is 510 g/mol. The van der Waals surface area contributed by atoms with Gasteiger partial charge in [0.05, 0.1) is 6.61 Å². The quantitative estimate of drug-likeness (QED) is 0.0841. The second-order valence-corrected chi connectivity index (χ2v) is 9.34. The molecule has 0 heterocycles. The van der Waals surface area contributed by atoms with Gasteiger partial charge in [-0.05, 0) is 58.8 Å². The molecular formula is C36H69NO2S. The third kappa shape index (κ3) is 100. The first-order valence-corrected chi connectivity index (χ1v) is 14.8. The van der Waals surface area contributed by atoms with Crippen LogP contribution in [0.2, 0.25) is 0 Å². The average Bonchev–Trinajstić information content (AvgIpc) is 2.96. The van der Waals surface area contributed by atoms with Gasteiger partial charge in [-0.2, -0.15) is 12.6 Å². The van der Waals surface area contributed by atoms with Crippen molar-refractivity contribution in [3.8, 4) is 0 Å². The Balaban J connectivity index is -0.0000000646. The SMILES string of the molecule is C=C(C)C(=O)OCCC.C=C(C)CC.C=C(CC)CN.C=C(CC)CS.C=CC(=C)C.C=CC(C)C.C=CCC. The van der Waals surface area contributed by atoms with E-state index in [9.17, 15) is 4.79 Å². The molecule has 2 N–H and O–H groups in total. The zero-order valence-electron chi connectivity index (χ0n) is 28.5. The van der Waals surface area contributed by atoms with Crippen molar-refractivity contribution in [3.05, 3.63) is 98.7 Å². The highest BCUT2D eigenvalue weighted by molar-refractivity contribution is 7.80. The van der Waals surface area contributed by atoms with Gasteiger partial charge in [0.15, 0.2) is 0 Å². The van der Waals surface area contributed by atoms with Gasteiger partial charge in [0.25, 0.3) is 0 Å². The summed E-state index contributed by atoms with van der Waals surface area (Å²) in [5, 5.41) is 0.